The molecule has 0 bridgehead atoms. The lowest BCUT2D eigenvalue weighted by atomic mass is 10.1. The van der Waals surface area contributed by atoms with E-state index in [1.165, 1.54) is 0 Å². The quantitative estimate of drug-likeness (QED) is 0.391. The molecule has 0 spiro atoms. The highest BCUT2D eigenvalue weighted by atomic mass is 35.5. The fourth-order valence-corrected chi connectivity index (χ4v) is 4.56. The number of methoxy groups -OCH3 is 2. The van der Waals surface area contributed by atoms with Crippen molar-refractivity contribution in [3.8, 4) is 11.5 Å². The Morgan fingerprint density at radius 1 is 0.818 bits per heavy atom. The first-order chi connectivity index (χ1) is 15.8. The molecule has 176 valence electrons. The third-order valence-electron chi connectivity index (χ3n) is 6.08. The normalized spacial score (nSPS) is 12.0. The second-order valence-electron chi connectivity index (χ2n) is 8.82. The number of fused-ring (bicyclic) bond motifs is 5. The number of rotatable bonds is 8. The lowest BCUT2D eigenvalue weighted by molar-refractivity contribution is 0.355. The Morgan fingerprint density at radius 3 is 2.00 bits per heavy atom. The monoisotopic (exact) mass is 470 g/mol. The average Bonchev–Trinajstić information content (AvgIpc) is 3.09. The van der Waals surface area contributed by atoms with Crippen LogP contribution in [0.1, 0.15) is 0 Å². The highest BCUT2D eigenvalue weighted by molar-refractivity contribution is 6.31. The number of likely N-dealkylation sites (N-methyl/N-ethyl adjacent to an activating group) is 2. The Bertz CT molecular complexity index is 1390. The Kier molecular flexibility index (Phi) is 6.56. The molecule has 0 N–H and O–H groups in total. The number of aromatic nitrogens is 2. The summed E-state index contributed by atoms with van der Waals surface area (Å²) < 4.78 is 15.2. The summed E-state index contributed by atoms with van der Waals surface area (Å²) >= 11 is 6.38. The lowest BCUT2D eigenvalue weighted by Crippen LogP contribution is -2.27. The predicted molar refractivity (Wildman–Crippen MR) is 136 cm³/mol. The van der Waals surface area contributed by atoms with E-state index in [-0.39, 0.29) is 5.56 Å². The molecule has 0 amide bonds. The van der Waals surface area contributed by atoms with Crippen LogP contribution in [0, 0.1) is 0 Å². The maximum Gasteiger partial charge on any atom is 0.261 e. The third-order valence-corrected chi connectivity index (χ3v) is 6.31. The van der Waals surface area contributed by atoms with Gasteiger partial charge in [0.1, 0.15) is 0 Å². The van der Waals surface area contributed by atoms with Gasteiger partial charge in [-0.2, -0.15) is 0 Å². The molecular weight excluding hydrogens is 440 g/mol. The van der Waals surface area contributed by atoms with Crippen LogP contribution in [0.25, 0.3) is 32.7 Å². The van der Waals surface area contributed by atoms with E-state index < -0.39 is 0 Å². The summed E-state index contributed by atoms with van der Waals surface area (Å²) in [6.45, 7) is 2.85. The number of nitrogens with zero attached hydrogens (tertiary/aromatic N) is 4. The van der Waals surface area contributed by atoms with E-state index in [2.05, 4.69) is 14.4 Å². The van der Waals surface area contributed by atoms with Gasteiger partial charge >= 0.3 is 0 Å². The molecule has 2 heterocycles. The number of ether oxygens (including phenoxy) is 2. The zero-order valence-corrected chi connectivity index (χ0v) is 20.9. The summed E-state index contributed by atoms with van der Waals surface area (Å²) in [6.07, 6.45) is 0. The molecule has 0 aliphatic heterocycles. The Labute approximate surface area is 198 Å². The topological polar surface area (TPSA) is 51.9 Å². The van der Waals surface area contributed by atoms with Gasteiger partial charge in [-0.05, 0) is 52.5 Å². The zero-order chi connectivity index (χ0) is 23.9. The van der Waals surface area contributed by atoms with Crippen LogP contribution >= 0.6 is 11.6 Å². The van der Waals surface area contributed by atoms with Gasteiger partial charge in [0, 0.05) is 48.0 Å². The summed E-state index contributed by atoms with van der Waals surface area (Å²) in [5.41, 5.74) is 2.68. The molecule has 0 radical (unpaired) electrons. The molecule has 4 rings (SSSR count). The molecular formula is C25H31ClN4O3. The van der Waals surface area contributed by atoms with Crippen molar-refractivity contribution in [2.45, 2.75) is 13.1 Å². The highest BCUT2D eigenvalue weighted by Crippen LogP contribution is 2.39. The van der Waals surface area contributed by atoms with Crippen LogP contribution in [0.4, 0.5) is 0 Å². The second kappa shape index (κ2) is 9.25. The van der Waals surface area contributed by atoms with E-state index in [9.17, 15) is 4.79 Å². The summed E-state index contributed by atoms with van der Waals surface area (Å²) in [5, 5.41) is 3.17. The molecule has 0 aliphatic carbocycles. The van der Waals surface area contributed by atoms with E-state index in [1.54, 1.807) is 14.2 Å². The molecule has 0 saturated carbocycles. The van der Waals surface area contributed by atoms with E-state index in [4.69, 9.17) is 21.1 Å². The van der Waals surface area contributed by atoms with Crippen molar-refractivity contribution < 1.29 is 9.47 Å². The van der Waals surface area contributed by atoms with Crippen molar-refractivity contribution in [2.75, 3.05) is 55.5 Å². The first-order valence-electron chi connectivity index (χ1n) is 11.0. The molecule has 0 atom stereocenters. The van der Waals surface area contributed by atoms with Crippen LogP contribution < -0.4 is 15.0 Å². The van der Waals surface area contributed by atoms with E-state index in [0.29, 0.717) is 28.5 Å². The third kappa shape index (κ3) is 4.16. The number of halogens is 1. The van der Waals surface area contributed by atoms with Gasteiger partial charge in [0.25, 0.3) is 5.56 Å². The van der Waals surface area contributed by atoms with Crippen LogP contribution in [-0.2, 0) is 13.1 Å². The Hall–Kier alpha value is -2.74. The second-order valence-corrected chi connectivity index (χ2v) is 9.26. The van der Waals surface area contributed by atoms with E-state index in [0.717, 1.165) is 47.0 Å². The fourth-order valence-electron chi connectivity index (χ4n) is 4.40. The van der Waals surface area contributed by atoms with Gasteiger partial charge in [-0.1, -0.05) is 11.6 Å². The molecule has 0 aliphatic rings. The molecule has 33 heavy (non-hydrogen) atoms. The van der Waals surface area contributed by atoms with Gasteiger partial charge in [-0.25, -0.2) is 0 Å². The van der Waals surface area contributed by atoms with Crippen LogP contribution in [0.15, 0.2) is 35.1 Å². The van der Waals surface area contributed by atoms with Gasteiger partial charge in [0.05, 0.1) is 36.2 Å². The summed E-state index contributed by atoms with van der Waals surface area (Å²) in [4.78, 5) is 18.2. The molecule has 2 aromatic heterocycles. The Morgan fingerprint density at radius 2 is 1.39 bits per heavy atom. The van der Waals surface area contributed by atoms with Crippen molar-refractivity contribution in [2.24, 2.45) is 0 Å². The molecule has 8 heteroatoms. The first kappa shape index (κ1) is 23.4. The standard InChI is InChI=1S/C25H31ClN4O3/c1-27(2)9-11-29-20-15-22(33-6)21(32-5)14-18(20)23-24(29)17-8-7-16(26)13-19(17)30(25(23)31)12-10-28(3)4/h7-8,13-15H,9-12H2,1-6H3. The highest BCUT2D eigenvalue weighted by Gasteiger charge is 2.22. The number of hydrogen-bond acceptors (Lipinski definition) is 5. The van der Waals surface area contributed by atoms with Crippen molar-refractivity contribution >= 4 is 44.3 Å². The smallest absolute Gasteiger partial charge is 0.261 e. The minimum atomic E-state index is -0.0255. The fraction of sp³-hybridized carbons (Fsp3) is 0.400. The molecule has 7 nitrogen and oxygen atoms in total. The number of benzene rings is 2. The average molecular weight is 471 g/mol. The molecule has 4 aromatic rings. The van der Waals surface area contributed by atoms with Gasteiger partial charge in [-0.15, -0.1) is 0 Å². The summed E-state index contributed by atoms with van der Waals surface area (Å²) in [5.74, 6) is 1.24. The number of pyridine rings is 1. The van der Waals surface area contributed by atoms with Crippen LogP contribution in [0.2, 0.25) is 5.02 Å². The van der Waals surface area contributed by atoms with Gasteiger partial charge in [0.2, 0.25) is 0 Å². The van der Waals surface area contributed by atoms with Crippen molar-refractivity contribution in [3.63, 3.8) is 0 Å². The largest absolute Gasteiger partial charge is 0.493 e. The Balaban J connectivity index is 2.19. The lowest BCUT2D eigenvalue weighted by Gasteiger charge is -2.17. The maximum absolute atomic E-state index is 14.0. The minimum Gasteiger partial charge on any atom is -0.493 e. The molecule has 0 fully saturated rings. The van der Waals surface area contributed by atoms with Crippen molar-refractivity contribution in [3.05, 3.63) is 45.7 Å². The predicted octanol–water partition coefficient (Wildman–Crippen LogP) is 3.90. The van der Waals surface area contributed by atoms with Gasteiger partial charge < -0.3 is 28.4 Å². The van der Waals surface area contributed by atoms with Gasteiger partial charge in [0.15, 0.2) is 11.5 Å². The maximum atomic E-state index is 14.0. The van der Waals surface area contributed by atoms with E-state index >= 15 is 0 Å². The number of hydrogen-bond donors (Lipinski definition) is 0. The van der Waals surface area contributed by atoms with Crippen LogP contribution in [0.3, 0.4) is 0 Å². The van der Waals surface area contributed by atoms with Crippen LogP contribution in [-0.4, -0.2) is 74.4 Å². The summed E-state index contributed by atoms with van der Waals surface area (Å²) in [6, 6.07) is 9.68. The van der Waals surface area contributed by atoms with Gasteiger partial charge in [-0.3, -0.25) is 4.79 Å². The molecule has 2 aromatic carbocycles. The molecule has 0 unspecified atom stereocenters. The SMILES string of the molecule is COc1cc2c3c(=O)n(CCN(C)C)c4cc(Cl)ccc4c3n(CCN(C)C)c2cc1OC. The van der Waals surface area contributed by atoms with E-state index in [1.807, 2.05) is 63.1 Å². The summed E-state index contributed by atoms with van der Waals surface area (Å²) in [7, 11) is 11.3. The zero-order valence-electron chi connectivity index (χ0n) is 20.1. The first-order valence-corrected chi connectivity index (χ1v) is 11.3. The molecule has 0 saturated heterocycles. The minimum absolute atomic E-state index is 0.0255. The van der Waals surface area contributed by atoms with Crippen LogP contribution in [0.5, 0.6) is 11.5 Å². The van der Waals surface area contributed by atoms with Crippen molar-refractivity contribution in [1.82, 2.24) is 18.9 Å². The van der Waals surface area contributed by atoms with Crippen molar-refractivity contribution in [1.29, 1.82) is 0 Å².